The first-order chi connectivity index (χ1) is 12.8. The Morgan fingerprint density at radius 3 is 2.77 bits per heavy atom. The lowest BCUT2D eigenvalue weighted by Crippen LogP contribution is -2.25. The van der Waals surface area contributed by atoms with Crippen LogP contribution < -0.4 is 0 Å². The molecule has 4 nitrogen and oxygen atoms in total. The largest absolute Gasteiger partial charge is 0.469 e. The maximum atomic E-state index is 13.1. The molecule has 1 aliphatic heterocycles. The van der Waals surface area contributed by atoms with E-state index in [0.717, 1.165) is 40.2 Å². The van der Waals surface area contributed by atoms with Crippen molar-refractivity contribution in [1.29, 1.82) is 0 Å². The highest BCUT2D eigenvalue weighted by molar-refractivity contribution is 6.09. The summed E-state index contributed by atoms with van der Waals surface area (Å²) < 4.78 is 7.57. The molecule has 1 unspecified atom stereocenters. The van der Waals surface area contributed by atoms with Gasteiger partial charge in [0.05, 0.1) is 18.5 Å². The van der Waals surface area contributed by atoms with E-state index in [1.807, 2.05) is 47.3 Å². The van der Waals surface area contributed by atoms with Crippen molar-refractivity contribution in [2.45, 2.75) is 25.3 Å². The second-order valence-electron chi connectivity index (χ2n) is 6.85. The molecule has 0 saturated carbocycles. The van der Waals surface area contributed by atoms with Gasteiger partial charge in [-0.2, -0.15) is 5.10 Å². The lowest BCUT2D eigenvalue weighted by Gasteiger charge is -2.30. The zero-order chi connectivity index (χ0) is 17.5. The summed E-state index contributed by atoms with van der Waals surface area (Å²) in [4.78, 5) is 13.1. The molecule has 26 heavy (non-hydrogen) atoms. The molecule has 128 valence electrons. The highest BCUT2D eigenvalue weighted by Gasteiger charge is 2.35. The topological polar surface area (TPSA) is 48.0 Å². The summed E-state index contributed by atoms with van der Waals surface area (Å²) >= 11 is 0. The minimum absolute atomic E-state index is 0.0932. The van der Waals surface area contributed by atoms with Crippen molar-refractivity contribution in [3.05, 3.63) is 89.2 Å². The molecule has 2 aliphatic rings. The average molecular weight is 342 g/mol. The van der Waals surface area contributed by atoms with Crippen LogP contribution in [0.25, 0.3) is 11.6 Å². The molecule has 0 saturated heterocycles. The van der Waals surface area contributed by atoms with Crippen LogP contribution in [0.2, 0.25) is 0 Å². The summed E-state index contributed by atoms with van der Waals surface area (Å²) in [6, 6.07) is 16.0. The van der Waals surface area contributed by atoms with Gasteiger partial charge in [-0.1, -0.05) is 30.3 Å². The van der Waals surface area contributed by atoms with Crippen molar-refractivity contribution in [2.75, 3.05) is 0 Å². The Kier molecular flexibility index (Phi) is 3.49. The second-order valence-corrected chi connectivity index (χ2v) is 6.85. The zero-order valence-electron chi connectivity index (χ0n) is 14.3. The van der Waals surface area contributed by atoms with Gasteiger partial charge in [0.15, 0.2) is 5.78 Å². The molecule has 0 N–H and O–H groups in total. The minimum atomic E-state index is 0.0932. The van der Waals surface area contributed by atoms with Gasteiger partial charge in [0.1, 0.15) is 5.76 Å². The number of nitrogens with zero attached hydrogens (tertiary/aromatic N) is 2. The van der Waals surface area contributed by atoms with Gasteiger partial charge in [-0.05, 0) is 47.4 Å². The number of carbonyl (C=O) groups excluding carboxylic acids is 1. The molecule has 0 bridgehead atoms. The third-order valence-corrected chi connectivity index (χ3v) is 5.22. The van der Waals surface area contributed by atoms with E-state index in [-0.39, 0.29) is 11.7 Å². The van der Waals surface area contributed by atoms with Gasteiger partial charge in [-0.3, -0.25) is 9.48 Å². The van der Waals surface area contributed by atoms with Gasteiger partial charge in [-0.15, -0.1) is 0 Å². The molecule has 1 aromatic carbocycles. The standard InChI is InChI=1S/C22H18N2O2/c25-20-13-16(21-7-4-10-26-21)12-18-19-8-9-23-24(19)14-17(22(18)20)11-15-5-2-1-3-6-15/h1-11,16H,12-14H2/b17-11-. The fourth-order valence-corrected chi connectivity index (χ4v) is 4.07. The Labute approximate surface area is 151 Å². The highest BCUT2D eigenvalue weighted by atomic mass is 16.3. The van der Waals surface area contributed by atoms with Gasteiger partial charge in [0.2, 0.25) is 0 Å². The number of Topliss-reactive ketones (excluding diaryl/α,β-unsaturated/α-hetero) is 1. The number of rotatable bonds is 2. The van der Waals surface area contributed by atoms with Crippen LogP contribution in [0.4, 0.5) is 0 Å². The first-order valence-corrected chi connectivity index (χ1v) is 8.87. The number of ketones is 1. The lowest BCUT2D eigenvalue weighted by atomic mass is 9.76. The van der Waals surface area contributed by atoms with Crippen molar-refractivity contribution in [3.63, 3.8) is 0 Å². The summed E-state index contributed by atoms with van der Waals surface area (Å²) in [6.07, 6.45) is 6.89. The van der Waals surface area contributed by atoms with Crippen LogP contribution in [-0.2, 0) is 11.3 Å². The quantitative estimate of drug-likeness (QED) is 0.690. The van der Waals surface area contributed by atoms with Crippen molar-refractivity contribution in [2.24, 2.45) is 0 Å². The third kappa shape index (κ3) is 2.46. The Balaban J connectivity index is 1.63. The van der Waals surface area contributed by atoms with Crippen molar-refractivity contribution in [3.8, 4) is 0 Å². The van der Waals surface area contributed by atoms with Crippen LogP contribution in [0.5, 0.6) is 0 Å². The molecule has 0 fully saturated rings. The first kappa shape index (κ1) is 15.1. The van der Waals surface area contributed by atoms with E-state index in [9.17, 15) is 4.79 Å². The molecule has 0 spiro atoms. The molecule has 1 aliphatic carbocycles. The summed E-state index contributed by atoms with van der Waals surface area (Å²) in [5.41, 5.74) is 5.17. The van der Waals surface area contributed by atoms with E-state index < -0.39 is 0 Å². The molecule has 2 aromatic heterocycles. The second kappa shape index (κ2) is 5.99. The molecular formula is C22H18N2O2. The molecule has 0 radical (unpaired) electrons. The fraction of sp³-hybridized carbons (Fsp3) is 0.182. The number of hydrogen-bond acceptors (Lipinski definition) is 3. The summed E-state index contributed by atoms with van der Waals surface area (Å²) in [5.74, 6) is 1.17. The van der Waals surface area contributed by atoms with Crippen LogP contribution in [0.1, 0.15) is 35.8 Å². The first-order valence-electron chi connectivity index (χ1n) is 8.87. The molecule has 4 heteroatoms. The molecule has 3 heterocycles. The van der Waals surface area contributed by atoms with Gasteiger partial charge >= 0.3 is 0 Å². The van der Waals surface area contributed by atoms with Crippen molar-refractivity contribution >= 4 is 17.4 Å². The predicted octanol–water partition coefficient (Wildman–Crippen LogP) is 4.47. The average Bonchev–Trinajstić information content (AvgIpc) is 3.34. The van der Waals surface area contributed by atoms with E-state index >= 15 is 0 Å². The number of carbonyl (C=O) groups is 1. The summed E-state index contributed by atoms with van der Waals surface area (Å²) in [7, 11) is 0. The van der Waals surface area contributed by atoms with Crippen molar-refractivity contribution < 1.29 is 9.21 Å². The molecule has 0 amide bonds. The van der Waals surface area contributed by atoms with E-state index in [2.05, 4.69) is 23.3 Å². The number of allylic oxidation sites excluding steroid dienone is 3. The Morgan fingerprint density at radius 1 is 1.08 bits per heavy atom. The highest BCUT2D eigenvalue weighted by Crippen LogP contribution is 2.44. The van der Waals surface area contributed by atoms with E-state index in [1.54, 1.807) is 6.26 Å². The van der Waals surface area contributed by atoms with Crippen LogP contribution in [0.15, 0.2) is 76.6 Å². The monoisotopic (exact) mass is 342 g/mol. The smallest absolute Gasteiger partial charge is 0.164 e. The maximum Gasteiger partial charge on any atom is 0.164 e. The van der Waals surface area contributed by atoms with Crippen LogP contribution in [0.3, 0.4) is 0 Å². The lowest BCUT2D eigenvalue weighted by molar-refractivity contribution is -0.116. The maximum absolute atomic E-state index is 13.1. The SMILES string of the molecule is O=C1CC(c2ccco2)CC2=C1/C(=C\c1ccccc1)Cn1nccc12. The summed E-state index contributed by atoms with van der Waals surface area (Å²) in [5, 5.41) is 4.46. The number of fused-ring (bicyclic) bond motifs is 2. The molecule has 5 rings (SSSR count). The Bertz CT molecular complexity index is 1020. The Morgan fingerprint density at radius 2 is 1.96 bits per heavy atom. The Hall–Kier alpha value is -3.14. The van der Waals surface area contributed by atoms with E-state index in [4.69, 9.17) is 4.42 Å². The number of hydrogen-bond donors (Lipinski definition) is 0. The van der Waals surface area contributed by atoms with Crippen LogP contribution in [-0.4, -0.2) is 15.6 Å². The normalized spacial score (nSPS) is 21.0. The predicted molar refractivity (Wildman–Crippen MR) is 99.3 cm³/mol. The van der Waals surface area contributed by atoms with Crippen molar-refractivity contribution in [1.82, 2.24) is 9.78 Å². The fourth-order valence-electron chi connectivity index (χ4n) is 4.07. The minimum Gasteiger partial charge on any atom is -0.469 e. The number of aromatic nitrogens is 2. The number of furan rings is 1. The molecule has 1 atom stereocenters. The van der Waals surface area contributed by atoms with Gasteiger partial charge < -0.3 is 4.42 Å². The van der Waals surface area contributed by atoms with Gasteiger partial charge in [0, 0.05) is 24.1 Å². The number of benzene rings is 1. The summed E-state index contributed by atoms with van der Waals surface area (Å²) in [6.45, 7) is 0.632. The molecule has 3 aromatic rings. The zero-order valence-corrected chi connectivity index (χ0v) is 14.3. The van der Waals surface area contributed by atoms with Gasteiger partial charge in [-0.25, -0.2) is 0 Å². The van der Waals surface area contributed by atoms with E-state index in [1.165, 1.54) is 0 Å². The third-order valence-electron chi connectivity index (χ3n) is 5.22. The molecular weight excluding hydrogens is 324 g/mol. The van der Waals surface area contributed by atoms with Gasteiger partial charge in [0.25, 0.3) is 0 Å². The van der Waals surface area contributed by atoms with Crippen LogP contribution in [0, 0.1) is 0 Å². The van der Waals surface area contributed by atoms with E-state index in [0.29, 0.717) is 13.0 Å². The van der Waals surface area contributed by atoms with Crippen LogP contribution >= 0.6 is 0 Å².